The SMILES string of the molecule is CC(=O)N[C@@H](CCCN=C(N)N)C(=O)N[C@H]1CC(=O)NCCCC[C@@H](C(N)=O)NC(=O)[C@H](Cc2c[nH]c3ccccc23)NC(=O)[C@H](CCCN=C(N)N)NC(=O)[C@@H](Cc2ccccc2)NC(=O)[C@H]([C@@H](C)OCc2ccccc2)NC1=O. The Labute approximate surface area is 469 Å². The third kappa shape index (κ3) is 21.3. The molecule has 1 aliphatic rings. The summed E-state index contributed by atoms with van der Waals surface area (Å²) in [6, 6.07) is 14.9. The van der Waals surface area contributed by atoms with Crippen molar-refractivity contribution in [3.63, 3.8) is 0 Å². The van der Waals surface area contributed by atoms with Crippen molar-refractivity contribution in [2.24, 2.45) is 38.7 Å². The minimum atomic E-state index is -1.68. The Morgan fingerprint density at radius 2 is 1.27 bits per heavy atom. The molecule has 9 amide bonds. The maximum atomic E-state index is 14.9. The number of hydrogen-bond acceptors (Lipinski definition) is 12. The van der Waals surface area contributed by atoms with Crippen LogP contribution < -0.4 is 71.2 Å². The predicted octanol–water partition coefficient (Wildman–Crippen LogP) is -1.75. The van der Waals surface area contributed by atoms with Crippen LogP contribution in [0.25, 0.3) is 10.9 Å². The molecular weight excluding hydrogens is 1040 g/mol. The van der Waals surface area contributed by atoms with Crippen LogP contribution in [0.1, 0.15) is 81.9 Å². The number of fused-ring (bicyclic) bond motifs is 1. The van der Waals surface area contributed by atoms with Crippen molar-refractivity contribution in [3.05, 3.63) is 108 Å². The number of guanidine groups is 2. The van der Waals surface area contributed by atoms with Crippen LogP contribution in [0.2, 0.25) is 0 Å². The fraction of sp³-hybridized carbons (Fsp3) is 0.436. The van der Waals surface area contributed by atoms with Crippen LogP contribution in [0.15, 0.2) is 101 Å². The summed E-state index contributed by atoms with van der Waals surface area (Å²) in [4.78, 5) is 138. The molecule has 1 aliphatic heterocycles. The summed E-state index contributed by atoms with van der Waals surface area (Å²) in [6.45, 7) is 2.82. The number of nitrogens with zero attached hydrogens (tertiary/aromatic N) is 2. The van der Waals surface area contributed by atoms with Gasteiger partial charge in [-0.1, -0.05) is 78.9 Å². The molecule has 1 saturated heterocycles. The standard InChI is InChI=1S/C55H76N16O10/c1-32(81-31-35-17-7-4-8-18-35)46-53(80)70-42(27-34-15-5-3-6-16-34)50(77)67-41(23-14-26-63-55(59)60)49(76)68-43(28-36-30-64-38-20-10-9-19-37(36)38)51(78)66-39(47(56)74)21-11-12-24-61-45(73)29-44(52(79)71-46)69-48(75)40(65-33(2)72)22-13-25-62-54(57)58/h3-10,15-20,30,32,39-44,46,64H,11-14,21-29,31H2,1-2H3,(H2,56,74)(H,61,73)(H,65,72)(H,66,78)(H,67,77)(H,68,76)(H,69,75)(H,70,80)(H,71,79)(H4,57,58,62)(H4,59,60,63)/t32-,39+,40+,41+,42-,43+,44+,46+/m1/s1. The van der Waals surface area contributed by atoms with Gasteiger partial charge in [-0.05, 0) is 74.6 Å². The number of para-hydroxylation sites is 1. The smallest absolute Gasteiger partial charge is 0.245 e. The molecule has 0 spiro atoms. The van der Waals surface area contributed by atoms with Crippen molar-refractivity contribution in [1.82, 2.24) is 47.5 Å². The summed E-state index contributed by atoms with van der Waals surface area (Å²) in [5.74, 6) is -7.79. The third-order valence-electron chi connectivity index (χ3n) is 13.2. The van der Waals surface area contributed by atoms with Gasteiger partial charge in [-0.2, -0.15) is 0 Å². The zero-order valence-corrected chi connectivity index (χ0v) is 45.5. The predicted molar refractivity (Wildman–Crippen MR) is 303 cm³/mol. The molecule has 436 valence electrons. The van der Waals surface area contributed by atoms with Crippen molar-refractivity contribution >= 4 is 76.0 Å². The number of nitrogens with one attached hydrogen (secondary N) is 9. The van der Waals surface area contributed by atoms with Crippen LogP contribution in [0.3, 0.4) is 0 Å². The molecule has 5 rings (SSSR count). The first-order valence-electron chi connectivity index (χ1n) is 26.8. The summed E-state index contributed by atoms with van der Waals surface area (Å²) in [5.41, 5.74) is 30.7. The number of rotatable bonds is 20. The average molecular weight is 1120 g/mol. The van der Waals surface area contributed by atoms with Gasteiger partial charge in [0.15, 0.2) is 11.9 Å². The van der Waals surface area contributed by atoms with Crippen molar-refractivity contribution < 1.29 is 47.9 Å². The van der Waals surface area contributed by atoms with Crippen molar-refractivity contribution in [3.8, 4) is 0 Å². The van der Waals surface area contributed by atoms with Crippen LogP contribution >= 0.6 is 0 Å². The lowest BCUT2D eigenvalue weighted by Crippen LogP contribution is -2.62. The lowest BCUT2D eigenvalue weighted by atomic mass is 10.0. The van der Waals surface area contributed by atoms with Gasteiger partial charge in [0.25, 0.3) is 0 Å². The monoisotopic (exact) mass is 1120 g/mol. The minimum absolute atomic E-state index is 0.00287. The summed E-state index contributed by atoms with van der Waals surface area (Å²) in [5, 5.41) is 22.3. The Bertz CT molecular complexity index is 2840. The molecule has 26 heteroatoms. The molecular formula is C55H76N16O10. The van der Waals surface area contributed by atoms with Crippen molar-refractivity contribution in [2.45, 2.75) is 133 Å². The second-order valence-corrected chi connectivity index (χ2v) is 19.7. The number of aromatic nitrogens is 1. The van der Waals surface area contributed by atoms with E-state index >= 15 is 0 Å². The topological polar surface area (TPSA) is 430 Å². The van der Waals surface area contributed by atoms with Crippen LogP contribution in [0.5, 0.6) is 0 Å². The first-order chi connectivity index (χ1) is 38.8. The van der Waals surface area contributed by atoms with Gasteiger partial charge in [-0.3, -0.25) is 53.1 Å². The summed E-state index contributed by atoms with van der Waals surface area (Å²) < 4.78 is 6.19. The van der Waals surface area contributed by atoms with E-state index in [0.717, 1.165) is 10.9 Å². The Hall–Kier alpha value is -9.07. The van der Waals surface area contributed by atoms with Gasteiger partial charge in [0.2, 0.25) is 53.2 Å². The second kappa shape index (κ2) is 32.1. The highest BCUT2D eigenvalue weighted by molar-refractivity contribution is 5.99. The Morgan fingerprint density at radius 3 is 1.94 bits per heavy atom. The maximum Gasteiger partial charge on any atom is 0.245 e. The van der Waals surface area contributed by atoms with Gasteiger partial charge in [0, 0.05) is 56.5 Å². The van der Waals surface area contributed by atoms with Gasteiger partial charge in [0.05, 0.1) is 19.1 Å². The Balaban J connectivity index is 1.57. The number of H-pyrrole nitrogens is 1. The number of aliphatic imine (C=N–C) groups is 2. The largest absolute Gasteiger partial charge is 0.371 e. The van der Waals surface area contributed by atoms with Crippen molar-refractivity contribution in [2.75, 3.05) is 19.6 Å². The zero-order chi connectivity index (χ0) is 58.8. The van der Waals surface area contributed by atoms with Gasteiger partial charge in [0.1, 0.15) is 42.3 Å². The number of amides is 9. The molecule has 0 unspecified atom stereocenters. The summed E-state index contributed by atoms with van der Waals surface area (Å²) in [7, 11) is 0. The highest BCUT2D eigenvalue weighted by Crippen LogP contribution is 2.20. The molecule has 0 bridgehead atoms. The van der Waals surface area contributed by atoms with Gasteiger partial charge >= 0.3 is 0 Å². The number of ether oxygens (including phenoxy) is 1. The van der Waals surface area contributed by atoms with E-state index in [2.05, 4.69) is 57.5 Å². The Morgan fingerprint density at radius 1 is 0.679 bits per heavy atom. The molecule has 26 nitrogen and oxygen atoms in total. The van der Waals surface area contributed by atoms with E-state index in [-0.39, 0.29) is 95.9 Å². The lowest BCUT2D eigenvalue weighted by Gasteiger charge is -2.30. The highest BCUT2D eigenvalue weighted by atomic mass is 16.5. The van der Waals surface area contributed by atoms with Gasteiger partial charge < -0.3 is 80.9 Å². The fourth-order valence-corrected chi connectivity index (χ4v) is 8.93. The molecule has 8 atom stereocenters. The molecule has 0 aliphatic carbocycles. The molecule has 3 aromatic carbocycles. The normalized spacial score (nSPS) is 20.8. The summed E-state index contributed by atoms with van der Waals surface area (Å²) in [6.07, 6.45) is 0.445. The van der Waals surface area contributed by atoms with E-state index in [4.69, 9.17) is 33.4 Å². The molecule has 0 radical (unpaired) electrons. The molecule has 0 saturated carbocycles. The third-order valence-corrected chi connectivity index (χ3v) is 13.2. The molecule has 1 aromatic heterocycles. The number of carbonyl (C=O) groups excluding carboxylic acids is 9. The van der Waals surface area contributed by atoms with Gasteiger partial charge in [-0.25, -0.2) is 0 Å². The average Bonchev–Trinajstić information content (AvgIpc) is 4.07. The number of aromatic amines is 1. The van der Waals surface area contributed by atoms with E-state index < -0.39 is 108 Å². The first kappa shape index (κ1) is 62.8. The molecule has 4 aromatic rings. The second-order valence-electron chi connectivity index (χ2n) is 19.7. The van der Waals surface area contributed by atoms with Crippen LogP contribution in [-0.4, -0.2) is 138 Å². The molecule has 2 heterocycles. The number of nitrogens with two attached hydrogens (primary N) is 5. The first-order valence-corrected chi connectivity index (χ1v) is 26.8. The number of carbonyl (C=O) groups is 9. The van der Waals surface area contributed by atoms with Crippen LogP contribution in [-0.2, 0) is 67.3 Å². The van der Waals surface area contributed by atoms with E-state index in [0.29, 0.717) is 16.7 Å². The zero-order valence-electron chi connectivity index (χ0n) is 45.5. The fourth-order valence-electron chi connectivity index (χ4n) is 8.93. The number of hydrogen-bond donors (Lipinski definition) is 14. The lowest BCUT2D eigenvalue weighted by molar-refractivity contribution is -0.138. The number of benzene rings is 3. The maximum absolute atomic E-state index is 14.9. The quantitative estimate of drug-likeness (QED) is 0.0265. The Kier molecular flexibility index (Phi) is 24.9. The van der Waals surface area contributed by atoms with E-state index in [9.17, 15) is 43.2 Å². The molecule has 81 heavy (non-hydrogen) atoms. The summed E-state index contributed by atoms with van der Waals surface area (Å²) >= 11 is 0. The highest BCUT2D eigenvalue weighted by Gasteiger charge is 2.37. The minimum Gasteiger partial charge on any atom is -0.371 e. The van der Waals surface area contributed by atoms with Crippen molar-refractivity contribution in [1.29, 1.82) is 0 Å². The van der Waals surface area contributed by atoms with Crippen LogP contribution in [0.4, 0.5) is 0 Å². The van der Waals surface area contributed by atoms with E-state index in [1.54, 1.807) is 66.9 Å². The van der Waals surface area contributed by atoms with Gasteiger partial charge in [-0.15, -0.1) is 0 Å². The molecule has 1 fully saturated rings. The number of primary amides is 1. The molecule has 19 N–H and O–H groups in total. The van der Waals surface area contributed by atoms with Crippen LogP contribution in [0, 0.1) is 0 Å². The van der Waals surface area contributed by atoms with E-state index in [1.165, 1.54) is 13.8 Å². The van der Waals surface area contributed by atoms with E-state index in [1.807, 2.05) is 24.3 Å².